The van der Waals surface area contributed by atoms with Crippen LogP contribution in [0.3, 0.4) is 0 Å². The summed E-state index contributed by atoms with van der Waals surface area (Å²) in [4.78, 5) is 39.6. The number of H-pyrrole nitrogens is 2. The molecule has 0 spiro atoms. The number of carbonyl (C=O) groups is 2. The van der Waals surface area contributed by atoms with Crippen molar-refractivity contribution in [2.75, 3.05) is 0 Å². The number of hydrogen-bond acceptors (Lipinski definition) is 4. The van der Waals surface area contributed by atoms with E-state index in [0.29, 0.717) is 24.2 Å². The van der Waals surface area contributed by atoms with E-state index >= 15 is 0 Å². The summed E-state index contributed by atoms with van der Waals surface area (Å²) in [5.41, 5.74) is 12.4. The molecule has 4 N–H and O–H groups in total. The van der Waals surface area contributed by atoms with E-state index in [2.05, 4.69) is 35.1 Å². The third-order valence-corrected chi connectivity index (χ3v) is 7.25. The number of fused-ring (bicyclic) bond motifs is 8. The molecule has 0 aliphatic carbocycles. The molecule has 0 radical (unpaired) electrons. The summed E-state index contributed by atoms with van der Waals surface area (Å²) in [5.74, 6) is -1.75. The SMILES string of the molecule is CC1=C(CCC(=O)O)c2cc3nc(cc4[nH]c(cc4C)cc4[nH]c(cc1n2)cc4C)C(C)=C3CCC(=O)O.[Pd+2]. The van der Waals surface area contributed by atoms with E-state index in [4.69, 9.17) is 9.97 Å². The van der Waals surface area contributed by atoms with Crippen molar-refractivity contribution in [2.24, 2.45) is 0 Å². The molecular weight excluding hydrogens is 587 g/mol. The Hall–Kier alpha value is -3.80. The molecule has 3 aromatic rings. The number of carboxylic acids is 2. The Morgan fingerprint density at radius 1 is 0.641 bits per heavy atom. The van der Waals surface area contributed by atoms with Crippen molar-refractivity contribution >= 4 is 56.3 Å². The Morgan fingerprint density at radius 3 is 1.56 bits per heavy atom. The van der Waals surface area contributed by atoms with Gasteiger partial charge < -0.3 is 20.2 Å². The minimum absolute atomic E-state index is 0. The van der Waals surface area contributed by atoms with Gasteiger partial charge in [-0.2, -0.15) is 0 Å². The number of rotatable bonds is 6. The van der Waals surface area contributed by atoms with Gasteiger partial charge in [0.15, 0.2) is 0 Å². The third kappa shape index (κ3) is 5.80. The fourth-order valence-corrected chi connectivity index (χ4v) is 5.10. The number of carboxylic acid groups (broad SMARTS) is 2. The Labute approximate surface area is 239 Å². The van der Waals surface area contributed by atoms with Crippen molar-refractivity contribution in [1.29, 1.82) is 0 Å². The van der Waals surface area contributed by atoms with Crippen molar-refractivity contribution in [1.82, 2.24) is 19.9 Å². The molecule has 9 heteroatoms. The van der Waals surface area contributed by atoms with Gasteiger partial charge in [-0.05, 0) is 110 Å². The van der Waals surface area contributed by atoms with E-state index in [1.165, 1.54) is 0 Å². The minimum Gasteiger partial charge on any atom is -0.481 e. The summed E-state index contributed by atoms with van der Waals surface area (Å²) in [6.07, 6.45) is 0.647. The third-order valence-electron chi connectivity index (χ3n) is 7.25. The number of aliphatic carboxylic acids is 2. The molecule has 5 rings (SSSR count). The zero-order valence-electron chi connectivity index (χ0n) is 22.2. The molecule has 5 heterocycles. The van der Waals surface area contributed by atoms with Crippen LogP contribution in [0.4, 0.5) is 0 Å². The Kier molecular flexibility index (Phi) is 8.05. The van der Waals surface area contributed by atoms with Crippen molar-refractivity contribution in [2.45, 2.75) is 53.4 Å². The average Bonchev–Trinajstić information content (AvgIpc) is 3.53. The van der Waals surface area contributed by atoms with Gasteiger partial charge in [0.05, 0.1) is 22.8 Å². The normalized spacial score (nSPS) is 13.0. The van der Waals surface area contributed by atoms with Crippen LogP contribution >= 0.6 is 0 Å². The topological polar surface area (TPSA) is 132 Å². The molecule has 2 aliphatic rings. The van der Waals surface area contributed by atoms with Crippen LogP contribution < -0.4 is 0 Å². The van der Waals surface area contributed by atoms with Gasteiger partial charge >= 0.3 is 32.4 Å². The summed E-state index contributed by atoms with van der Waals surface area (Å²) in [6, 6.07) is 12.1. The van der Waals surface area contributed by atoms with Crippen LogP contribution in [0.15, 0.2) is 36.4 Å². The molecule has 0 saturated heterocycles. The molecule has 39 heavy (non-hydrogen) atoms. The molecule has 2 aliphatic heterocycles. The van der Waals surface area contributed by atoms with Crippen molar-refractivity contribution in [3.8, 4) is 0 Å². The molecule has 0 unspecified atom stereocenters. The minimum atomic E-state index is -0.873. The van der Waals surface area contributed by atoms with Crippen LogP contribution in [0.2, 0.25) is 0 Å². The first-order valence-electron chi connectivity index (χ1n) is 12.6. The fourth-order valence-electron chi connectivity index (χ4n) is 5.10. The first kappa shape index (κ1) is 28.2. The molecule has 0 amide bonds. The van der Waals surface area contributed by atoms with E-state index in [1.807, 2.05) is 39.0 Å². The maximum absolute atomic E-state index is 11.4. The number of aryl methyl sites for hydroxylation is 2. The van der Waals surface area contributed by atoms with Crippen LogP contribution in [0, 0.1) is 13.8 Å². The number of hydrogen-bond donors (Lipinski definition) is 4. The van der Waals surface area contributed by atoms with Gasteiger partial charge in [-0.3, -0.25) is 9.59 Å². The number of aromatic nitrogens is 4. The molecular formula is C30H30N4O4Pd+2. The predicted octanol–water partition coefficient (Wildman–Crippen LogP) is 6.52. The van der Waals surface area contributed by atoms with Gasteiger partial charge in [0.1, 0.15) is 0 Å². The Bertz CT molecular complexity index is 1730. The summed E-state index contributed by atoms with van der Waals surface area (Å²) in [5, 5.41) is 18.7. The van der Waals surface area contributed by atoms with Gasteiger partial charge in [-0.15, -0.1) is 0 Å². The standard InChI is InChI=1S/C30H30N4O4.Pd/c1-15-9-20-12-25-17(3)21(5-7-29(35)36)27(33-25)14-28-22(6-8-30(37)38)18(4)26(34-28)13-24-16(2)10-19(32-24)11-23(15)31-20;/h9-14,31-32H,5-8H2,1-4H3,(H,35,36)(H,37,38);/q;+2. The maximum Gasteiger partial charge on any atom is 2.00 e. The fraction of sp³-hybridized carbons (Fsp3) is 0.267. The van der Waals surface area contributed by atoms with Crippen molar-refractivity contribution < 1.29 is 40.2 Å². The van der Waals surface area contributed by atoms with Crippen LogP contribution in [0.5, 0.6) is 0 Å². The number of nitrogens with zero attached hydrogens (tertiary/aromatic N) is 2. The summed E-state index contributed by atoms with van der Waals surface area (Å²) in [7, 11) is 0. The molecule has 0 saturated carbocycles. The average molecular weight is 617 g/mol. The number of nitrogens with one attached hydrogen (secondary N) is 2. The first-order chi connectivity index (χ1) is 18.1. The van der Waals surface area contributed by atoms with Crippen LogP contribution in [0.1, 0.15) is 73.4 Å². The molecule has 8 bridgehead atoms. The van der Waals surface area contributed by atoms with Gasteiger partial charge in [0, 0.05) is 34.9 Å². The van der Waals surface area contributed by atoms with Crippen molar-refractivity contribution in [3.63, 3.8) is 0 Å². The molecule has 8 nitrogen and oxygen atoms in total. The largest absolute Gasteiger partial charge is 2.00 e. The molecule has 0 aromatic carbocycles. The second-order valence-electron chi connectivity index (χ2n) is 9.98. The van der Waals surface area contributed by atoms with Crippen LogP contribution in [-0.4, -0.2) is 42.1 Å². The number of aromatic amines is 2. The van der Waals surface area contributed by atoms with E-state index in [1.54, 1.807) is 0 Å². The van der Waals surface area contributed by atoms with Gasteiger partial charge in [0.2, 0.25) is 0 Å². The smallest absolute Gasteiger partial charge is 0.481 e. The number of allylic oxidation sites excluding steroid dienone is 4. The van der Waals surface area contributed by atoms with Crippen molar-refractivity contribution in [3.05, 3.63) is 70.3 Å². The summed E-state index contributed by atoms with van der Waals surface area (Å²) in [6.45, 7) is 8.01. The van der Waals surface area contributed by atoms with E-state index in [9.17, 15) is 19.8 Å². The molecule has 0 atom stereocenters. The molecule has 202 valence electrons. The van der Waals surface area contributed by atoms with Gasteiger partial charge in [0.25, 0.3) is 0 Å². The van der Waals surface area contributed by atoms with E-state index in [-0.39, 0.29) is 33.3 Å². The molecule has 3 aromatic heterocycles. The zero-order chi connectivity index (χ0) is 27.1. The predicted molar refractivity (Wildman–Crippen MR) is 149 cm³/mol. The van der Waals surface area contributed by atoms with Gasteiger partial charge in [-0.25, -0.2) is 9.97 Å². The second kappa shape index (κ2) is 11.1. The van der Waals surface area contributed by atoms with E-state index < -0.39 is 11.9 Å². The Balaban J connectivity index is 0.00000353. The zero-order valence-corrected chi connectivity index (χ0v) is 23.8. The molecule has 0 fully saturated rings. The maximum atomic E-state index is 11.4. The van der Waals surface area contributed by atoms with Crippen LogP contribution in [-0.2, 0) is 30.0 Å². The quantitative estimate of drug-likeness (QED) is 0.233. The first-order valence-corrected chi connectivity index (χ1v) is 12.6. The second-order valence-corrected chi connectivity index (χ2v) is 9.98. The Morgan fingerprint density at radius 2 is 1.08 bits per heavy atom. The van der Waals surface area contributed by atoms with Gasteiger partial charge in [-0.1, -0.05) is 0 Å². The monoisotopic (exact) mass is 616 g/mol. The van der Waals surface area contributed by atoms with E-state index in [0.717, 1.165) is 66.9 Å². The van der Waals surface area contributed by atoms with Crippen LogP contribution in [0.25, 0.3) is 44.4 Å². The summed E-state index contributed by atoms with van der Waals surface area (Å²) >= 11 is 0. The summed E-state index contributed by atoms with van der Waals surface area (Å²) < 4.78 is 0.